The van der Waals surface area contributed by atoms with Gasteiger partial charge in [0.1, 0.15) is 0 Å². The van der Waals surface area contributed by atoms with E-state index in [1.807, 2.05) is 0 Å². The monoisotopic (exact) mass is 356 g/mol. The third-order valence-electron chi connectivity index (χ3n) is 2.52. The number of methoxy groups -OCH3 is 2. The zero-order valence-electron chi connectivity index (χ0n) is 10.7. The molecule has 0 aliphatic rings. The minimum Gasteiger partial charge on any atom is -0.480 e. The Balaban J connectivity index is 2.44. The lowest BCUT2D eigenvalue weighted by Crippen LogP contribution is -2.08. The van der Waals surface area contributed by atoms with Crippen LogP contribution < -0.4 is 9.47 Å². The van der Waals surface area contributed by atoms with Crippen molar-refractivity contribution in [2.75, 3.05) is 14.2 Å². The van der Waals surface area contributed by atoms with Crippen molar-refractivity contribution in [2.24, 2.45) is 0 Å². The van der Waals surface area contributed by atoms with E-state index in [9.17, 15) is 4.79 Å². The summed E-state index contributed by atoms with van der Waals surface area (Å²) in [4.78, 5) is 20.5. The molecule has 0 radical (unpaired) electrons. The van der Waals surface area contributed by atoms with Crippen LogP contribution in [0.4, 0.5) is 0 Å². The first-order valence-corrected chi connectivity index (χ1v) is 6.68. The Morgan fingerprint density at radius 2 is 2.05 bits per heavy atom. The van der Waals surface area contributed by atoms with Crippen molar-refractivity contribution in [3.63, 3.8) is 0 Å². The Morgan fingerprint density at radius 1 is 1.30 bits per heavy atom. The molecule has 1 heterocycles. The van der Waals surface area contributed by atoms with Crippen molar-refractivity contribution in [2.45, 2.75) is 0 Å². The molecule has 0 N–H and O–H groups in total. The normalized spacial score (nSPS) is 10.2. The summed E-state index contributed by atoms with van der Waals surface area (Å²) < 4.78 is 10.6. The molecule has 0 atom stereocenters. The number of aromatic nitrogens is 2. The summed E-state index contributed by atoms with van der Waals surface area (Å²) in [6, 6.07) is 4.86. The third-order valence-corrected chi connectivity index (χ3v) is 3.73. The van der Waals surface area contributed by atoms with Gasteiger partial charge >= 0.3 is 0 Å². The molecule has 7 heteroatoms. The first-order valence-electron chi connectivity index (χ1n) is 5.51. The lowest BCUT2D eigenvalue weighted by Gasteiger charge is -2.07. The highest BCUT2D eigenvalue weighted by Crippen LogP contribution is 2.26. The van der Waals surface area contributed by atoms with Crippen LogP contribution in [0, 0.1) is 0 Å². The fourth-order valence-corrected chi connectivity index (χ4v) is 2.02. The van der Waals surface area contributed by atoms with Crippen LogP contribution in [0.3, 0.4) is 0 Å². The first kappa shape index (κ1) is 14.7. The van der Waals surface area contributed by atoms with Crippen LogP contribution in [0.5, 0.6) is 11.8 Å². The maximum absolute atomic E-state index is 12.4. The fourth-order valence-electron chi connectivity index (χ4n) is 1.53. The molecule has 0 unspecified atom stereocenters. The number of halogens is 2. The maximum Gasteiger partial charge on any atom is 0.247 e. The van der Waals surface area contributed by atoms with Gasteiger partial charge in [-0.25, -0.2) is 4.98 Å². The van der Waals surface area contributed by atoms with E-state index in [2.05, 4.69) is 25.9 Å². The lowest BCUT2D eigenvalue weighted by molar-refractivity contribution is 0.103. The molecule has 0 bridgehead atoms. The molecular weight excluding hydrogens is 348 g/mol. The van der Waals surface area contributed by atoms with Gasteiger partial charge in [0.15, 0.2) is 5.69 Å². The van der Waals surface area contributed by atoms with Crippen molar-refractivity contribution >= 4 is 33.3 Å². The zero-order valence-corrected chi connectivity index (χ0v) is 13.0. The summed E-state index contributed by atoms with van der Waals surface area (Å²) in [6.07, 6.45) is 1.36. The molecule has 2 aromatic rings. The molecule has 2 rings (SSSR count). The average Bonchev–Trinajstić information content (AvgIpc) is 2.48. The second-order valence-corrected chi connectivity index (χ2v) is 4.99. The van der Waals surface area contributed by atoms with Gasteiger partial charge in [-0.3, -0.25) is 4.79 Å². The van der Waals surface area contributed by atoms with Crippen molar-refractivity contribution in [3.8, 4) is 11.8 Å². The predicted octanol–water partition coefficient (Wildman–Crippen LogP) is 3.14. The van der Waals surface area contributed by atoms with Crippen LogP contribution in [0.1, 0.15) is 16.1 Å². The molecule has 20 heavy (non-hydrogen) atoms. The number of rotatable bonds is 4. The molecule has 0 saturated heterocycles. The first-order chi connectivity index (χ1) is 9.56. The molecule has 0 saturated carbocycles. The van der Waals surface area contributed by atoms with E-state index in [-0.39, 0.29) is 23.2 Å². The van der Waals surface area contributed by atoms with Crippen LogP contribution in [0.15, 0.2) is 28.9 Å². The molecule has 0 fully saturated rings. The Hall–Kier alpha value is -1.66. The van der Waals surface area contributed by atoms with Gasteiger partial charge in [-0.1, -0.05) is 11.6 Å². The van der Waals surface area contributed by atoms with E-state index in [4.69, 9.17) is 21.1 Å². The highest BCUT2D eigenvalue weighted by Gasteiger charge is 2.19. The highest BCUT2D eigenvalue weighted by atomic mass is 79.9. The van der Waals surface area contributed by atoms with E-state index < -0.39 is 0 Å². The quantitative estimate of drug-likeness (QED) is 0.787. The number of carbonyl (C=O) groups is 1. The van der Waals surface area contributed by atoms with E-state index in [1.165, 1.54) is 20.4 Å². The molecule has 0 amide bonds. The standard InChI is InChI=1S/C13H10BrClN2O3/c1-19-10-6-16-11(13(17-10)20-2)12(18)7-3-4-9(15)8(14)5-7/h3-6H,1-2H3. The Labute approximate surface area is 129 Å². The van der Waals surface area contributed by atoms with Gasteiger partial charge < -0.3 is 9.47 Å². The SMILES string of the molecule is COc1cnc(C(=O)c2ccc(Cl)c(Br)c2)c(OC)n1. The van der Waals surface area contributed by atoms with Crippen molar-refractivity contribution in [1.29, 1.82) is 0 Å². The Kier molecular flexibility index (Phi) is 4.57. The summed E-state index contributed by atoms with van der Waals surface area (Å²) in [5, 5.41) is 0.523. The van der Waals surface area contributed by atoms with Crippen LogP contribution in [-0.2, 0) is 0 Å². The van der Waals surface area contributed by atoms with Gasteiger partial charge in [-0.05, 0) is 34.1 Å². The number of ether oxygens (including phenoxy) is 2. The molecule has 1 aromatic carbocycles. The predicted molar refractivity (Wildman–Crippen MR) is 77.7 cm³/mol. The number of benzene rings is 1. The van der Waals surface area contributed by atoms with Crippen molar-refractivity contribution in [1.82, 2.24) is 9.97 Å². The molecule has 5 nitrogen and oxygen atoms in total. The second kappa shape index (κ2) is 6.19. The molecule has 0 aliphatic heterocycles. The second-order valence-electron chi connectivity index (χ2n) is 3.73. The van der Waals surface area contributed by atoms with Gasteiger partial charge in [0, 0.05) is 10.0 Å². The molecule has 1 aromatic heterocycles. The minimum atomic E-state index is -0.311. The van der Waals surface area contributed by atoms with Crippen LogP contribution in [0.25, 0.3) is 0 Å². The largest absolute Gasteiger partial charge is 0.480 e. The highest BCUT2D eigenvalue weighted by molar-refractivity contribution is 9.10. The van der Waals surface area contributed by atoms with E-state index in [0.29, 0.717) is 15.1 Å². The zero-order chi connectivity index (χ0) is 14.7. The third kappa shape index (κ3) is 2.91. The summed E-state index contributed by atoms with van der Waals surface area (Å²) in [6.45, 7) is 0. The molecule has 0 spiro atoms. The molecule has 104 valence electrons. The van der Waals surface area contributed by atoms with Gasteiger partial charge in [0.25, 0.3) is 0 Å². The van der Waals surface area contributed by atoms with Crippen LogP contribution in [0.2, 0.25) is 5.02 Å². The van der Waals surface area contributed by atoms with Crippen molar-refractivity contribution < 1.29 is 14.3 Å². The van der Waals surface area contributed by atoms with E-state index >= 15 is 0 Å². The summed E-state index contributed by atoms with van der Waals surface area (Å²) >= 11 is 9.18. The van der Waals surface area contributed by atoms with Crippen molar-refractivity contribution in [3.05, 3.63) is 45.1 Å². The van der Waals surface area contributed by atoms with E-state index in [1.54, 1.807) is 18.2 Å². The summed E-state index contributed by atoms with van der Waals surface area (Å²) in [7, 11) is 2.87. The maximum atomic E-state index is 12.4. The fraction of sp³-hybridized carbons (Fsp3) is 0.154. The molecular formula is C13H10BrClN2O3. The van der Waals surface area contributed by atoms with Crippen LogP contribution >= 0.6 is 27.5 Å². The smallest absolute Gasteiger partial charge is 0.247 e. The molecule has 0 aliphatic carbocycles. The van der Waals surface area contributed by atoms with Crippen LogP contribution in [-0.4, -0.2) is 30.0 Å². The lowest BCUT2D eigenvalue weighted by atomic mass is 10.1. The van der Waals surface area contributed by atoms with E-state index in [0.717, 1.165) is 0 Å². The number of carbonyl (C=O) groups excluding carboxylic acids is 1. The Bertz CT molecular complexity index is 664. The average molecular weight is 358 g/mol. The topological polar surface area (TPSA) is 61.3 Å². The number of nitrogens with zero attached hydrogens (tertiary/aromatic N) is 2. The minimum absolute atomic E-state index is 0.112. The Morgan fingerprint density at radius 3 is 2.65 bits per heavy atom. The number of hydrogen-bond acceptors (Lipinski definition) is 5. The van der Waals surface area contributed by atoms with Gasteiger partial charge in [0.2, 0.25) is 17.5 Å². The summed E-state index contributed by atoms with van der Waals surface area (Å²) in [5.41, 5.74) is 0.543. The number of ketones is 1. The van der Waals surface area contributed by atoms with Gasteiger partial charge in [0.05, 0.1) is 25.4 Å². The van der Waals surface area contributed by atoms with Gasteiger partial charge in [-0.2, -0.15) is 4.98 Å². The number of hydrogen-bond donors (Lipinski definition) is 0. The van der Waals surface area contributed by atoms with Gasteiger partial charge in [-0.15, -0.1) is 0 Å². The summed E-state index contributed by atoms with van der Waals surface area (Å²) in [5.74, 6) is 0.0745.